The summed E-state index contributed by atoms with van der Waals surface area (Å²) in [6.45, 7) is 4.08. The molecule has 0 spiro atoms. The van der Waals surface area contributed by atoms with Crippen LogP contribution in [0.25, 0.3) is 10.9 Å². The molecule has 0 radical (unpaired) electrons. The van der Waals surface area contributed by atoms with E-state index in [1.165, 1.54) is 11.1 Å². The van der Waals surface area contributed by atoms with Crippen LogP contribution in [-0.2, 0) is 0 Å². The molecule has 2 aromatic carbocycles. The zero-order valence-corrected chi connectivity index (χ0v) is 22.9. The minimum Gasteiger partial charge on any atom is -0.493 e. The zero-order chi connectivity index (χ0) is 24.2. The van der Waals surface area contributed by atoms with Gasteiger partial charge in [0.05, 0.1) is 30.3 Å². The molecule has 1 fully saturated rings. The van der Waals surface area contributed by atoms with E-state index in [1.807, 2.05) is 31.2 Å². The first-order valence-electron chi connectivity index (χ1n) is 11.7. The highest BCUT2D eigenvalue weighted by Crippen LogP contribution is 2.36. The minimum absolute atomic E-state index is 0.00225. The summed E-state index contributed by atoms with van der Waals surface area (Å²) in [6.07, 6.45) is 8.04. The van der Waals surface area contributed by atoms with Crippen LogP contribution < -0.4 is 15.0 Å². The summed E-state index contributed by atoms with van der Waals surface area (Å²) in [7, 11) is 1.61. The Balaban J connectivity index is 1.87. The molecule has 3 aromatic rings. The second-order valence-electron chi connectivity index (χ2n) is 8.69. The highest BCUT2D eigenvalue weighted by atomic mass is 79.9. The van der Waals surface area contributed by atoms with E-state index in [1.54, 1.807) is 19.4 Å². The van der Waals surface area contributed by atoms with Crippen LogP contribution in [0.2, 0.25) is 0 Å². The predicted molar refractivity (Wildman–Crippen MR) is 144 cm³/mol. The Kier molecular flexibility index (Phi) is 8.09. The van der Waals surface area contributed by atoms with Crippen LogP contribution >= 0.6 is 31.9 Å². The quantitative estimate of drug-likeness (QED) is 0.277. The average molecular weight is 591 g/mol. The average Bonchev–Trinajstić information content (AvgIpc) is 2.85. The van der Waals surface area contributed by atoms with E-state index in [-0.39, 0.29) is 17.6 Å². The molecule has 1 atom stereocenters. The second kappa shape index (κ2) is 11.0. The van der Waals surface area contributed by atoms with E-state index in [0.29, 0.717) is 22.4 Å². The maximum absolute atomic E-state index is 13.6. The van der Waals surface area contributed by atoms with Crippen molar-refractivity contribution in [2.75, 3.05) is 7.11 Å². The molecule has 1 aromatic heterocycles. The molecule has 0 bridgehead atoms. The highest BCUT2D eigenvalue weighted by Gasteiger charge is 2.23. The Morgan fingerprint density at radius 2 is 1.94 bits per heavy atom. The number of methoxy groups -OCH3 is 1. The molecular formula is C26H29Br2N3O3. The lowest BCUT2D eigenvalue weighted by atomic mass is 9.88. The fourth-order valence-corrected chi connectivity index (χ4v) is 5.09. The van der Waals surface area contributed by atoms with Gasteiger partial charge in [-0.3, -0.25) is 4.79 Å². The fraction of sp³-hybridized carbons (Fsp3) is 0.423. The molecule has 0 N–H and O–H groups in total. The molecule has 180 valence electrons. The first-order chi connectivity index (χ1) is 16.4. The van der Waals surface area contributed by atoms with E-state index in [2.05, 4.69) is 43.9 Å². The maximum Gasteiger partial charge on any atom is 0.282 e. The summed E-state index contributed by atoms with van der Waals surface area (Å²) in [5, 5.41) is 5.22. The first kappa shape index (κ1) is 24.9. The van der Waals surface area contributed by atoms with Gasteiger partial charge in [0, 0.05) is 20.4 Å². The molecule has 8 heteroatoms. The first-order valence-corrected chi connectivity index (χ1v) is 13.3. The molecule has 0 aliphatic heterocycles. The molecule has 34 heavy (non-hydrogen) atoms. The molecule has 1 aliphatic rings. The van der Waals surface area contributed by atoms with Crippen molar-refractivity contribution in [3.05, 3.63) is 61.0 Å². The lowest BCUT2D eigenvalue weighted by Crippen LogP contribution is -2.25. The summed E-state index contributed by atoms with van der Waals surface area (Å²) in [5.41, 5.74) is 1.25. The fourth-order valence-electron chi connectivity index (χ4n) is 4.27. The second-order valence-corrected chi connectivity index (χ2v) is 10.5. The monoisotopic (exact) mass is 589 g/mol. The third-order valence-corrected chi connectivity index (χ3v) is 7.23. The molecule has 1 aliphatic carbocycles. The van der Waals surface area contributed by atoms with Crippen molar-refractivity contribution < 1.29 is 9.47 Å². The molecule has 0 saturated heterocycles. The Hall–Kier alpha value is -2.19. The molecule has 1 saturated carbocycles. The number of rotatable bonds is 7. The van der Waals surface area contributed by atoms with Crippen molar-refractivity contribution in [3.8, 4) is 11.5 Å². The molecule has 0 unspecified atom stereocenters. The van der Waals surface area contributed by atoms with Crippen LogP contribution in [0.15, 0.2) is 49.2 Å². The van der Waals surface area contributed by atoms with Crippen molar-refractivity contribution in [2.45, 2.75) is 64.4 Å². The van der Waals surface area contributed by atoms with Gasteiger partial charge in [-0.15, -0.1) is 0 Å². The Labute approximate surface area is 216 Å². The topological polar surface area (TPSA) is 65.7 Å². The van der Waals surface area contributed by atoms with Crippen LogP contribution in [0.5, 0.6) is 11.5 Å². The molecular weight excluding hydrogens is 562 g/mol. The van der Waals surface area contributed by atoms with E-state index < -0.39 is 0 Å². The summed E-state index contributed by atoms with van der Waals surface area (Å²) in [6, 6.07) is 9.39. The van der Waals surface area contributed by atoms with Gasteiger partial charge < -0.3 is 9.47 Å². The molecule has 0 amide bonds. The van der Waals surface area contributed by atoms with Gasteiger partial charge in [-0.05, 0) is 56.5 Å². The van der Waals surface area contributed by atoms with Gasteiger partial charge in [-0.2, -0.15) is 9.78 Å². The largest absolute Gasteiger partial charge is 0.493 e. The third kappa shape index (κ3) is 5.38. The van der Waals surface area contributed by atoms with Gasteiger partial charge in [0.2, 0.25) is 0 Å². The summed E-state index contributed by atoms with van der Waals surface area (Å²) >= 11 is 7.02. The number of halogens is 2. The zero-order valence-electron chi connectivity index (χ0n) is 19.7. The predicted octanol–water partition coefficient (Wildman–Crippen LogP) is 7.04. The Bertz CT molecular complexity index is 1270. The molecule has 4 rings (SSSR count). The van der Waals surface area contributed by atoms with Crippen LogP contribution in [0.3, 0.4) is 0 Å². The van der Waals surface area contributed by atoms with Crippen LogP contribution in [-0.4, -0.2) is 29.1 Å². The van der Waals surface area contributed by atoms with Crippen LogP contribution in [0.1, 0.15) is 69.7 Å². The third-order valence-electron chi connectivity index (χ3n) is 6.28. The number of hydrogen-bond acceptors (Lipinski definition) is 5. The summed E-state index contributed by atoms with van der Waals surface area (Å²) < 4.78 is 14.9. The molecule has 6 nitrogen and oxygen atoms in total. The van der Waals surface area contributed by atoms with Crippen molar-refractivity contribution in [2.24, 2.45) is 5.10 Å². The van der Waals surface area contributed by atoms with Gasteiger partial charge >= 0.3 is 0 Å². The van der Waals surface area contributed by atoms with Crippen LogP contribution in [0, 0.1) is 0 Å². The van der Waals surface area contributed by atoms with Gasteiger partial charge in [-0.1, -0.05) is 58.0 Å². The van der Waals surface area contributed by atoms with Crippen LogP contribution in [0.4, 0.5) is 0 Å². The van der Waals surface area contributed by atoms with Gasteiger partial charge in [-0.25, -0.2) is 4.98 Å². The van der Waals surface area contributed by atoms with Crippen molar-refractivity contribution in [1.82, 2.24) is 9.66 Å². The van der Waals surface area contributed by atoms with E-state index >= 15 is 0 Å². The van der Waals surface area contributed by atoms with E-state index in [4.69, 9.17) is 14.5 Å². The van der Waals surface area contributed by atoms with Crippen molar-refractivity contribution in [3.63, 3.8) is 0 Å². The van der Waals surface area contributed by atoms with Crippen molar-refractivity contribution >= 4 is 49.0 Å². The SMILES string of the molecule is CC[C@@H](C)Oc1c(C=Nn2c(C3CCCCC3)nc3ccc(Br)cc3c2=O)cc(Br)cc1OC. The van der Waals surface area contributed by atoms with Gasteiger partial charge in [0.15, 0.2) is 11.5 Å². The highest BCUT2D eigenvalue weighted by molar-refractivity contribution is 9.10. The normalized spacial score (nSPS) is 15.7. The summed E-state index contributed by atoms with van der Waals surface area (Å²) in [5.74, 6) is 2.14. The number of benzene rings is 2. The minimum atomic E-state index is -0.172. The van der Waals surface area contributed by atoms with E-state index in [9.17, 15) is 4.79 Å². The van der Waals surface area contributed by atoms with Crippen molar-refractivity contribution in [1.29, 1.82) is 0 Å². The number of fused-ring (bicyclic) bond motifs is 1. The van der Waals surface area contributed by atoms with Gasteiger partial charge in [0.1, 0.15) is 5.82 Å². The lowest BCUT2D eigenvalue weighted by Gasteiger charge is -2.23. The lowest BCUT2D eigenvalue weighted by molar-refractivity contribution is 0.207. The molecule has 1 heterocycles. The standard InChI is InChI=1S/C26H29Br2N3O3/c1-4-16(2)34-24-18(12-20(28)14-23(24)33-3)15-29-31-25(17-8-6-5-7-9-17)30-22-11-10-19(27)13-21(22)26(31)32/h10-17H,4-9H2,1-3H3/t16-/m1/s1. The van der Waals surface area contributed by atoms with Gasteiger partial charge in [0.25, 0.3) is 5.56 Å². The van der Waals surface area contributed by atoms with E-state index in [0.717, 1.165) is 52.4 Å². The Morgan fingerprint density at radius 1 is 1.18 bits per heavy atom. The number of aromatic nitrogens is 2. The number of nitrogens with zero attached hydrogens (tertiary/aromatic N) is 3. The Morgan fingerprint density at radius 3 is 2.65 bits per heavy atom. The smallest absolute Gasteiger partial charge is 0.282 e. The summed E-state index contributed by atoms with van der Waals surface area (Å²) in [4.78, 5) is 18.5. The maximum atomic E-state index is 13.6. The number of hydrogen-bond donors (Lipinski definition) is 0. The number of ether oxygens (including phenoxy) is 2.